The molecule has 0 radical (unpaired) electrons. The van der Waals surface area contributed by atoms with Gasteiger partial charge in [-0.2, -0.15) is 0 Å². The number of halogens is 1. The van der Waals surface area contributed by atoms with Crippen molar-refractivity contribution in [3.05, 3.63) is 40.9 Å². The fourth-order valence-electron chi connectivity index (χ4n) is 1.30. The van der Waals surface area contributed by atoms with Crippen LogP contribution in [0.2, 0.25) is 5.02 Å². The van der Waals surface area contributed by atoms with E-state index < -0.39 is 17.8 Å². The van der Waals surface area contributed by atoms with Crippen LogP contribution in [-0.4, -0.2) is 24.5 Å². The fourth-order valence-corrected chi connectivity index (χ4v) is 1.49. The van der Waals surface area contributed by atoms with E-state index in [0.29, 0.717) is 6.08 Å². The zero-order valence-corrected chi connectivity index (χ0v) is 11.3. The minimum absolute atomic E-state index is 0.107. The van der Waals surface area contributed by atoms with E-state index in [4.69, 9.17) is 16.3 Å². The van der Waals surface area contributed by atoms with Crippen LogP contribution in [-0.2, 0) is 14.3 Å². The maximum absolute atomic E-state index is 11.6. The third kappa shape index (κ3) is 4.74. The Labute approximate surface area is 120 Å². The highest BCUT2D eigenvalue weighted by Crippen LogP contribution is 2.21. The van der Waals surface area contributed by atoms with Crippen LogP contribution < -0.4 is 10.4 Å². The van der Waals surface area contributed by atoms with E-state index in [1.807, 2.05) is 0 Å². The minimum Gasteiger partial charge on any atom is -0.545 e. The average Bonchev–Trinajstić information content (AvgIpc) is 2.39. The molecule has 0 saturated carbocycles. The van der Waals surface area contributed by atoms with Crippen LogP contribution >= 0.6 is 11.6 Å². The van der Waals surface area contributed by atoms with Gasteiger partial charge in [0.1, 0.15) is 0 Å². The van der Waals surface area contributed by atoms with Crippen LogP contribution in [0, 0.1) is 0 Å². The number of benzene rings is 1. The lowest BCUT2D eigenvalue weighted by molar-refractivity contribution is -0.297. The number of ether oxygens (including phenoxy) is 1. The highest BCUT2D eigenvalue weighted by molar-refractivity contribution is 6.33. The first kappa shape index (κ1) is 15.7. The van der Waals surface area contributed by atoms with Crippen molar-refractivity contribution >= 4 is 35.1 Å². The molecule has 0 aliphatic rings. The molecule has 106 valence electrons. The van der Waals surface area contributed by atoms with Gasteiger partial charge >= 0.3 is 5.97 Å². The number of amides is 1. The van der Waals surface area contributed by atoms with E-state index in [2.05, 4.69) is 5.32 Å². The molecule has 0 aliphatic heterocycles. The van der Waals surface area contributed by atoms with Crippen molar-refractivity contribution in [1.82, 2.24) is 0 Å². The number of carbonyl (C=O) groups is 3. The van der Waals surface area contributed by atoms with Gasteiger partial charge in [0.15, 0.2) is 0 Å². The second kappa shape index (κ2) is 7.30. The predicted octanol–water partition coefficient (Wildman–Crippen LogP) is 0.761. The first-order chi connectivity index (χ1) is 9.43. The van der Waals surface area contributed by atoms with Gasteiger partial charge in [0, 0.05) is 11.8 Å². The number of esters is 1. The summed E-state index contributed by atoms with van der Waals surface area (Å²) in [5, 5.41) is 12.7. The molecule has 20 heavy (non-hydrogen) atoms. The third-order valence-electron chi connectivity index (χ3n) is 2.10. The van der Waals surface area contributed by atoms with Crippen molar-refractivity contribution in [2.24, 2.45) is 0 Å². The maximum atomic E-state index is 11.6. The highest BCUT2D eigenvalue weighted by Gasteiger charge is 2.12. The molecule has 0 spiro atoms. The standard InChI is InChI=1S/C13H12ClNO5/c1-2-20-13(19)9-7-8(3-4-10(9)14)15-11(16)5-6-12(17)18/h3-7H,2H2,1H3,(H,15,16)(H,17,18)/p-1/b6-5+. The Morgan fingerprint density at radius 2 is 2.05 bits per heavy atom. The van der Waals surface area contributed by atoms with E-state index in [0.717, 1.165) is 6.08 Å². The quantitative estimate of drug-likeness (QED) is 0.639. The molecule has 0 fully saturated rings. The number of carbonyl (C=O) groups excluding carboxylic acids is 3. The van der Waals surface area contributed by atoms with Crippen molar-refractivity contribution < 1.29 is 24.2 Å². The molecule has 0 unspecified atom stereocenters. The van der Waals surface area contributed by atoms with E-state index in [9.17, 15) is 19.5 Å². The molecule has 7 heteroatoms. The molecule has 6 nitrogen and oxygen atoms in total. The van der Waals surface area contributed by atoms with Gasteiger partial charge in [0.05, 0.1) is 23.2 Å². The van der Waals surface area contributed by atoms with E-state index in [1.165, 1.54) is 18.2 Å². The van der Waals surface area contributed by atoms with Gasteiger partial charge in [-0.3, -0.25) is 4.79 Å². The Morgan fingerprint density at radius 3 is 2.65 bits per heavy atom. The molecule has 0 heterocycles. The van der Waals surface area contributed by atoms with Crippen LogP contribution in [0.15, 0.2) is 30.4 Å². The summed E-state index contributed by atoms with van der Waals surface area (Å²) in [6.07, 6.45) is 1.39. The van der Waals surface area contributed by atoms with E-state index in [-0.39, 0.29) is 22.9 Å². The molecule has 1 aromatic rings. The molecule has 0 aromatic heterocycles. The molecule has 0 saturated heterocycles. The number of anilines is 1. The largest absolute Gasteiger partial charge is 0.545 e. The minimum atomic E-state index is -1.48. The summed E-state index contributed by atoms with van der Waals surface area (Å²) in [6, 6.07) is 4.23. The predicted molar refractivity (Wildman–Crippen MR) is 70.2 cm³/mol. The molecule has 1 amide bonds. The van der Waals surface area contributed by atoms with Gasteiger partial charge in [-0.1, -0.05) is 11.6 Å². The number of carboxylic acid groups (broad SMARTS) is 1. The highest BCUT2D eigenvalue weighted by atomic mass is 35.5. The van der Waals surface area contributed by atoms with Gasteiger partial charge in [-0.05, 0) is 31.2 Å². The summed E-state index contributed by atoms with van der Waals surface area (Å²) in [5.41, 5.74) is 0.389. The Morgan fingerprint density at radius 1 is 1.35 bits per heavy atom. The Hall–Kier alpha value is -2.34. The second-order valence-corrected chi connectivity index (χ2v) is 3.96. The number of nitrogens with one attached hydrogen (secondary N) is 1. The average molecular weight is 297 g/mol. The van der Waals surface area contributed by atoms with Crippen LogP contribution in [0.3, 0.4) is 0 Å². The first-order valence-corrected chi connectivity index (χ1v) is 5.98. The molecule has 0 aliphatic carbocycles. The summed E-state index contributed by atoms with van der Waals surface area (Å²) in [7, 11) is 0. The second-order valence-electron chi connectivity index (χ2n) is 3.56. The van der Waals surface area contributed by atoms with Gasteiger partial charge in [0.2, 0.25) is 5.91 Å². The topological polar surface area (TPSA) is 95.5 Å². The van der Waals surface area contributed by atoms with Gasteiger partial charge < -0.3 is 20.0 Å². The van der Waals surface area contributed by atoms with Crippen molar-refractivity contribution in [1.29, 1.82) is 0 Å². The van der Waals surface area contributed by atoms with Crippen LogP contribution in [0.4, 0.5) is 5.69 Å². The van der Waals surface area contributed by atoms with E-state index >= 15 is 0 Å². The molecule has 1 N–H and O–H groups in total. The molecule has 1 rings (SSSR count). The van der Waals surface area contributed by atoms with Crippen molar-refractivity contribution in [2.75, 3.05) is 11.9 Å². The number of rotatable bonds is 5. The number of aliphatic carboxylic acids is 1. The van der Waals surface area contributed by atoms with Crippen LogP contribution in [0.1, 0.15) is 17.3 Å². The van der Waals surface area contributed by atoms with Crippen LogP contribution in [0.25, 0.3) is 0 Å². The van der Waals surface area contributed by atoms with E-state index in [1.54, 1.807) is 6.92 Å². The van der Waals surface area contributed by atoms with Crippen molar-refractivity contribution in [3.8, 4) is 0 Å². The zero-order chi connectivity index (χ0) is 15.1. The van der Waals surface area contributed by atoms with Crippen molar-refractivity contribution in [3.63, 3.8) is 0 Å². The summed E-state index contributed by atoms with van der Waals surface area (Å²) in [6.45, 7) is 1.85. The van der Waals surface area contributed by atoms with Crippen LogP contribution in [0.5, 0.6) is 0 Å². The number of carboxylic acids is 1. The lowest BCUT2D eigenvalue weighted by Crippen LogP contribution is -2.20. The summed E-state index contributed by atoms with van der Waals surface area (Å²) < 4.78 is 4.81. The lowest BCUT2D eigenvalue weighted by Gasteiger charge is -2.07. The van der Waals surface area contributed by atoms with Crippen molar-refractivity contribution in [2.45, 2.75) is 6.92 Å². The Bertz CT molecular complexity index is 568. The summed E-state index contributed by atoms with van der Waals surface area (Å²) in [5.74, 6) is -2.77. The number of hydrogen-bond donors (Lipinski definition) is 1. The zero-order valence-electron chi connectivity index (χ0n) is 10.5. The molecular weight excluding hydrogens is 286 g/mol. The molecular formula is C13H11ClNO5-. The molecule has 0 atom stereocenters. The molecule has 1 aromatic carbocycles. The normalized spacial score (nSPS) is 10.3. The van der Waals surface area contributed by atoms with Gasteiger partial charge in [-0.25, -0.2) is 4.79 Å². The fraction of sp³-hybridized carbons (Fsp3) is 0.154. The van der Waals surface area contributed by atoms with Gasteiger partial charge in [0.25, 0.3) is 0 Å². The summed E-state index contributed by atoms with van der Waals surface area (Å²) >= 11 is 5.85. The van der Waals surface area contributed by atoms with Gasteiger partial charge in [-0.15, -0.1) is 0 Å². The maximum Gasteiger partial charge on any atom is 0.339 e. The smallest absolute Gasteiger partial charge is 0.339 e. The summed E-state index contributed by atoms with van der Waals surface area (Å²) in [4.78, 5) is 33.1. The Balaban J connectivity index is 2.87. The number of hydrogen-bond acceptors (Lipinski definition) is 5. The first-order valence-electron chi connectivity index (χ1n) is 5.60. The Kier molecular flexibility index (Phi) is 5.74. The third-order valence-corrected chi connectivity index (χ3v) is 2.43. The molecule has 0 bridgehead atoms. The monoisotopic (exact) mass is 296 g/mol. The lowest BCUT2D eigenvalue weighted by atomic mass is 10.2. The SMILES string of the molecule is CCOC(=O)c1cc(NC(=O)/C=C/C(=O)[O-])ccc1Cl.